The Kier molecular flexibility index (Phi) is 3.61. The maximum absolute atomic E-state index is 9.30. The minimum absolute atomic E-state index is 0.122. The molecule has 1 heterocycles. The molecule has 0 radical (unpaired) electrons. The Morgan fingerprint density at radius 3 is 2.56 bits per heavy atom. The van der Waals surface area contributed by atoms with Gasteiger partial charge in [0.2, 0.25) is 0 Å². The molecule has 0 spiro atoms. The third-order valence-corrected chi connectivity index (χ3v) is 4.24. The lowest BCUT2D eigenvalue weighted by atomic mass is 9.74. The number of piperidine rings is 1. The van der Waals surface area contributed by atoms with Crippen LogP contribution in [0.1, 0.15) is 32.8 Å². The van der Waals surface area contributed by atoms with Gasteiger partial charge in [-0.1, -0.05) is 32.9 Å². The molecule has 2 nitrogen and oxygen atoms in total. The predicted molar refractivity (Wildman–Crippen MR) is 75.5 cm³/mol. The van der Waals surface area contributed by atoms with Crippen LogP contribution in [0.25, 0.3) is 0 Å². The standard InChI is InChI=1S/C16H22N2/c1-4-13-5-7-15(8-6-13)18-10-9-16(2,3)14(11-17)12-18/h5-8,14H,4,9-10,12H2,1-3H3. The summed E-state index contributed by atoms with van der Waals surface area (Å²) in [4.78, 5) is 2.35. The van der Waals surface area contributed by atoms with Crippen molar-refractivity contribution >= 4 is 5.69 Å². The molecule has 1 aliphatic rings. The summed E-state index contributed by atoms with van der Waals surface area (Å²) in [6, 6.07) is 11.2. The van der Waals surface area contributed by atoms with E-state index in [-0.39, 0.29) is 11.3 Å². The van der Waals surface area contributed by atoms with Gasteiger partial charge in [-0.25, -0.2) is 0 Å². The molecule has 0 aliphatic carbocycles. The molecule has 0 saturated carbocycles. The number of rotatable bonds is 2. The van der Waals surface area contributed by atoms with Gasteiger partial charge in [-0.3, -0.25) is 0 Å². The monoisotopic (exact) mass is 242 g/mol. The highest BCUT2D eigenvalue weighted by atomic mass is 15.1. The molecular weight excluding hydrogens is 220 g/mol. The van der Waals surface area contributed by atoms with E-state index in [1.54, 1.807) is 0 Å². The summed E-state index contributed by atoms with van der Waals surface area (Å²) in [5.74, 6) is 0.122. The van der Waals surface area contributed by atoms with Gasteiger partial charge in [0.1, 0.15) is 0 Å². The minimum atomic E-state index is 0.122. The summed E-state index contributed by atoms with van der Waals surface area (Å²) in [5, 5.41) is 9.30. The Morgan fingerprint density at radius 1 is 1.33 bits per heavy atom. The number of aryl methyl sites for hydroxylation is 1. The zero-order chi connectivity index (χ0) is 13.2. The minimum Gasteiger partial charge on any atom is -0.370 e. The molecule has 1 atom stereocenters. The fourth-order valence-corrected chi connectivity index (χ4v) is 2.55. The van der Waals surface area contributed by atoms with Crippen molar-refractivity contribution in [3.8, 4) is 6.07 Å². The highest BCUT2D eigenvalue weighted by Gasteiger charge is 2.35. The SMILES string of the molecule is CCc1ccc(N2CCC(C)(C)C(C#N)C2)cc1. The molecule has 1 aromatic rings. The van der Waals surface area contributed by atoms with Gasteiger partial charge >= 0.3 is 0 Å². The van der Waals surface area contributed by atoms with Crippen LogP contribution in [0.4, 0.5) is 5.69 Å². The van der Waals surface area contributed by atoms with E-state index in [0.717, 1.165) is 25.9 Å². The van der Waals surface area contributed by atoms with Gasteiger partial charge in [0, 0.05) is 18.8 Å². The van der Waals surface area contributed by atoms with Crippen LogP contribution in [0.15, 0.2) is 24.3 Å². The summed E-state index contributed by atoms with van der Waals surface area (Å²) in [6.45, 7) is 8.49. The number of nitriles is 1. The van der Waals surface area contributed by atoms with Crippen LogP contribution in [-0.4, -0.2) is 13.1 Å². The fraction of sp³-hybridized carbons (Fsp3) is 0.562. The summed E-state index contributed by atoms with van der Waals surface area (Å²) in [7, 11) is 0. The topological polar surface area (TPSA) is 27.0 Å². The lowest BCUT2D eigenvalue weighted by Gasteiger charge is -2.41. The van der Waals surface area contributed by atoms with Crippen LogP contribution in [-0.2, 0) is 6.42 Å². The predicted octanol–water partition coefficient (Wildman–Crippen LogP) is 3.63. The third kappa shape index (κ3) is 2.51. The van der Waals surface area contributed by atoms with E-state index in [9.17, 15) is 5.26 Å². The van der Waals surface area contributed by atoms with Gasteiger partial charge in [0.15, 0.2) is 0 Å². The molecule has 1 aromatic carbocycles. The average Bonchev–Trinajstić information content (AvgIpc) is 2.39. The van der Waals surface area contributed by atoms with Crippen LogP contribution in [0.2, 0.25) is 0 Å². The number of benzene rings is 1. The van der Waals surface area contributed by atoms with E-state index < -0.39 is 0 Å². The quantitative estimate of drug-likeness (QED) is 0.792. The average molecular weight is 242 g/mol. The molecule has 1 unspecified atom stereocenters. The summed E-state index contributed by atoms with van der Waals surface area (Å²) in [6.07, 6.45) is 2.16. The molecule has 0 amide bonds. The largest absolute Gasteiger partial charge is 0.370 e. The summed E-state index contributed by atoms with van der Waals surface area (Å²) < 4.78 is 0. The Balaban J connectivity index is 2.13. The Hall–Kier alpha value is -1.49. The zero-order valence-electron chi connectivity index (χ0n) is 11.6. The van der Waals surface area contributed by atoms with Crippen LogP contribution in [0, 0.1) is 22.7 Å². The molecule has 18 heavy (non-hydrogen) atoms. The van der Waals surface area contributed by atoms with Crippen molar-refractivity contribution < 1.29 is 0 Å². The normalized spacial score (nSPS) is 22.6. The molecule has 1 fully saturated rings. The maximum atomic E-state index is 9.30. The van der Waals surface area contributed by atoms with Crippen molar-refractivity contribution in [3.63, 3.8) is 0 Å². The van der Waals surface area contributed by atoms with Crippen molar-refractivity contribution in [1.82, 2.24) is 0 Å². The van der Waals surface area contributed by atoms with Gasteiger partial charge in [-0.2, -0.15) is 5.26 Å². The van der Waals surface area contributed by atoms with Gasteiger partial charge < -0.3 is 4.90 Å². The first-order valence-electron chi connectivity index (χ1n) is 6.80. The molecule has 96 valence electrons. The Labute approximate surface area is 110 Å². The Bertz CT molecular complexity index is 439. The first-order valence-corrected chi connectivity index (χ1v) is 6.80. The smallest absolute Gasteiger partial charge is 0.0690 e. The van der Waals surface area contributed by atoms with E-state index in [1.807, 2.05) is 0 Å². The van der Waals surface area contributed by atoms with Crippen molar-refractivity contribution in [1.29, 1.82) is 5.26 Å². The van der Waals surface area contributed by atoms with Crippen LogP contribution in [0.5, 0.6) is 0 Å². The molecule has 0 N–H and O–H groups in total. The highest BCUT2D eigenvalue weighted by molar-refractivity contribution is 5.48. The van der Waals surface area contributed by atoms with Crippen molar-refractivity contribution in [2.45, 2.75) is 33.6 Å². The lowest BCUT2D eigenvalue weighted by Crippen LogP contribution is -2.44. The second-order valence-corrected chi connectivity index (χ2v) is 5.89. The molecule has 1 aliphatic heterocycles. The van der Waals surface area contributed by atoms with Crippen LogP contribution >= 0.6 is 0 Å². The number of hydrogen-bond donors (Lipinski definition) is 0. The van der Waals surface area contributed by atoms with E-state index in [2.05, 4.69) is 56.0 Å². The van der Waals surface area contributed by atoms with Gasteiger partial charge in [-0.15, -0.1) is 0 Å². The zero-order valence-corrected chi connectivity index (χ0v) is 11.6. The molecule has 2 heteroatoms. The Morgan fingerprint density at radius 2 is 2.00 bits per heavy atom. The van der Waals surface area contributed by atoms with Gasteiger partial charge in [0.05, 0.1) is 12.0 Å². The fourth-order valence-electron chi connectivity index (χ4n) is 2.55. The van der Waals surface area contributed by atoms with Crippen molar-refractivity contribution in [3.05, 3.63) is 29.8 Å². The van der Waals surface area contributed by atoms with Crippen LogP contribution in [0.3, 0.4) is 0 Å². The summed E-state index contributed by atoms with van der Waals surface area (Å²) in [5.41, 5.74) is 2.77. The van der Waals surface area contributed by atoms with Gasteiger partial charge in [0.25, 0.3) is 0 Å². The molecule has 1 saturated heterocycles. The van der Waals surface area contributed by atoms with Crippen molar-refractivity contribution in [2.24, 2.45) is 11.3 Å². The van der Waals surface area contributed by atoms with E-state index in [1.165, 1.54) is 11.3 Å². The highest BCUT2D eigenvalue weighted by Crippen LogP contribution is 2.36. The molecule has 2 rings (SSSR count). The first-order chi connectivity index (χ1) is 8.56. The maximum Gasteiger partial charge on any atom is 0.0690 e. The second-order valence-electron chi connectivity index (χ2n) is 5.89. The van der Waals surface area contributed by atoms with E-state index in [0.29, 0.717) is 0 Å². The third-order valence-electron chi connectivity index (χ3n) is 4.24. The number of hydrogen-bond acceptors (Lipinski definition) is 2. The number of anilines is 1. The van der Waals surface area contributed by atoms with Crippen molar-refractivity contribution in [2.75, 3.05) is 18.0 Å². The second kappa shape index (κ2) is 5.02. The van der Waals surface area contributed by atoms with Crippen LogP contribution < -0.4 is 4.90 Å². The molecule has 0 bridgehead atoms. The van der Waals surface area contributed by atoms with E-state index in [4.69, 9.17) is 0 Å². The number of nitrogens with zero attached hydrogens (tertiary/aromatic N) is 2. The molecular formula is C16H22N2. The van der Waals surface area contributed by atoms with Gasteiger partial charge in [-0.05, 0) is 36.0 Å². The lowest BCUT2D eigenvalue weighted by molar-refractivity contribution is 0.217. The first kappa shape index (κ1) is 13.0. The summed E-state index contributed by atoms with van der Waals surface area (Å²) >= 11 is 0. The van der Waals surface area contributed by atoms with E-state index >= 15 is 0 Å². The molecule has 0 aromatic heterocycles.